The SMILES string of the molecule is ClN[C@@H]1CC[C@@H]2O[C@@H]2C1. The van der Waals surface area contributed by atoms with Gasteiger partial charge in [0, 0.05) is 6.04 Å². The van der Waals surface area contributed by atoms with E-state index in [0.717, 1.165) is 6.42 Å². The molecule has 2 fully saturated rings. The van der Waals surface area contributed by atoms with Gasteiger partial charge in [-0.3, -0.25) is 0 Å². The molecule has 2 nitrogen and oxygen atoms in total. The van der Waals surface area contributed by atoms with Crippen molar-refractivity contribution in [2.45, 2.75) is 37.5 Å². The molecule has 1 N–H and O–H groups in total. The largest absolute Gasteiger partial charge is 0.370 e. The molecule has 0 aromatic carbocycles. The first-order chi connectivity index (χ1) is 4.40. The van der Waals surface area contributed by atoms with E-state index in [1.165, 1.54) is 12.8 Å². The highest BCUT2D eigenvalue weighted by Crippen LogP contribution is 2.36. The van der Waals surface area contributed by atoms with Crippen LogP contribution in [0.1, 0.15) is 19.3 Å². The summed E-state index contributed by atoms with van der Waals surface area (Å²) >= 11 is 5.46. The van der Waals surface area contributed by atoms with Gasteiger partial charge in [-0.1, -0.05) is 0 Å². The summed E-state index contributed by atoms with van der Waals surface area (Å²) in [5, 5.41) is 0. The van der Waals surface area contributed by atoms with E-state index in [9.17, 15) is 0 Å². The zero-order chi connectivity index (χ0) is 6.27. The maximum Gasteiger partial charge on any atom is 0.0857 e. The van der Waals surface area contributed by atoms with Crippen molar-refractivity contribution >= 4 is 11.8 Å². The van der Waals surface area contributed by atoms with Gasteiger partial charge in [0.15, 0.2) is 0 Å². The number of epoxide rings is 1. The van der Waals surface area contributed by atoms with Gasteiger partial charge in [-0.05, 0) is 31.0 Å². The van der Waals surface area contributed by atoms with E-state index >= 15 is 0 Å². The van der Waals surface area contributed by atoms with Crippen LogP contribution >= 0.6 is 11.8 Å². The minimum absolute atomic E-state index is 0.496. The molecule has 0 amide bonds. The molecule has 1 saturated heterocycles. The molecule has 3 atom stereocenters. The minimum Gasteiger partial charge on any atom is -0.370 e. The lowest BCUT2D eigenvalue weighted by Gasteiger charge is -2.15. The fraction of sp³-hybridized carbons (Fsp3) is 1.00. The molecule has 52 valence electrons. The summed E-state index contributed by atoms with van der Waals surface area (Å²) < 4.78 is 5.31. The molecular formula is C6H10ClNO. The highest BCUT2D eigenvalue weighted by molar-refractivity contribution is 6.13. The molecule has 0 aromatic heterocycles. The number of ether oxygens (including phenoxy) is 1. The van der Waals surface area contributed by atoms with Gasteiger partial charge in [-0.2, -0.15) is 0 Å². The Morgan fingerprint density at radius 3 is 2.89 bits per heavy atom. The van der Waals surface area contributed by atoms with Gasteiger partial charge in [-0.25, -0.2) is 4.84 Å². The van der Waals surface area contributed by atoms with Crippen molar-refractivity contribution in [2.24, 2.45) is 0 Å². The predicted molar refractivity (Wildman–Crippen MR) is 35.3 cm³/mol. The topological polar surface area (TPSA) is 24.6 Å². The average molecular weight is 148 g/mol. The number of fused-ring (bicyclic) bond motifs is 1. The number of nitrogens with one attached hydrogen (secondary N) is 1. The van der Waals surface area contributed by atoms with Crippen LogP contribution in [-0.2, 0) is 4.74 Å². The highest BCUT2D eigenvalue weighted by Gasteiger charge is 2.43. The molecule has 1 heterocycles. The van der Waals surface area contributed by atoms with E-state index < -0.39 is 0 Å². The van der Waals surface area contributed by atoms with Crippen molar-refractivity contribution in [1.82, 2.24) is 4.84 Å². The van der Waals surface area contributed by atoms with Gasteiger partial charge in [0.05, 0.1) is 12.2 Å². The van der Waals surface area contributed by atoms with Gasteiger partial charge in [0.2, 0.25) is 0 Å². The lowest BCUT2D eigenvalue weighted by atomic mass is 9.96. The summed E-state index contributed by atoms with van der Waals surface area (Å²) in [6.07, 6.45) is 4.59. The molecule has 0 radical (unpaired) electrons. The standard InChI is InChI=1S/C6H10ClNO/c7-8-4-1-2-5-6(3-4)9-5/h4-6,8H,1-3H2/t4-,5+,6-/m1/s1. The van der Waals surface area contributed by atoms with Crippen LogP contribution < -0.4 is 4.84 Å². The molecule has 1 aliphatic heterocycles. The summed E-state index contributed by atoms with van der Waals surface area (Å²) in [5.74, 6) is 0. The van der Waals surface area contributed by atoms with E-state index in [0.29, 0.717) is 18.2 Å². The normalized spacial score (nSPS) is 48.3. The highest BCUT2D eigenvalue weighted by atomic mass is 35.5. The maximum absolute atomic E-state index is 5.46. The Kier molecular flexibility index (Phi) is 1.40. The average Bonchev–Trinajstić information content (AvgIpc) is 2.64. The van der Waals surface area contributed by atoms with E-state index in [1.54, 1.807) is 0 Å². The Bertz CT molecular complexity index is 120. The molecule has 0 unspecified atom stereocenters. The molecular weight excluding hydrogens is 138 g/mol. The predicted octanol–water partition coefficient (Wildman–Crippen LogP) is 1.05. The summed E-state index contributed by atoms with van der Waals surface area (Å²) in [5.41, 5.74) is 0. The Hall–Kier alpha value is 0.210. The molecule has 1 aliphatic carbocycles. The van der Waals surface area contributed by atoms with Crippen LogP contribution in [0.3, 0.4) is 0 Å². The van der Waals surface area contributed by atoms with Crippen LogP contribution in [0.5, 0.6) is 0 Å². The van der Waals surface area contributed by atoms with Crippen LogP contribution in [0, 0.1) is 0 Å². The fourth-order valence-electron chi connectivity index (χ4n) is 1.50. The second-order valence-corrected chi connectivity index (χ2v) is 3.05. The lowest BCUT2D eigenvalue weighted by Crippen LogP contribution is -2.27. The second-order valence-electron chi connectivity index (χ2n) is 2.83. The zero-order valence-electron chi connectivity index (χ0n) is 5.14. The van der Waals surface area contributed by atoms with Crippen molar-refractivity contribution in [3.8, 4) is 0 Å². The summed E-state index contributed by atoms with van der Waals surface area (Å²) in [6, 6.07) is 0.496. The Balaban J connectivity index is 1.86. The van der Waals surface area contributed by atoms with E-state index in [2.05, 4.69) is 4.84 Å². The quantitative estimate of drug-likeness (QED) is 0.443. The van der Waals surface area contributed by atoms with E-state index in [-0.39, 0.29) is 0 Å². The first-order valence-corrected chi connectivity index (χ1v) is 3.79. The fourth-order valence-corrected chi connectivity index (χ4v) is 1.70. The molecule has 0 aromatic rings. The Morgan fingerprint density at radius 1 is 1.33 bits per heavy atom. The third-order valence-corrected chi connectivity index (χ3v) is 2.47. The van der Waals surface area contributed by atoms with Crippen molar-refractivity contribution < 1.29 is 4.74 Å². The smallest absolute Gasteiger partial charge is 0.0857 e. The number of hydrogen-bond acceptors (Lipinski definition) is 2. The molecule has 0 bridgehead atoms. The van der Waals surface area contributed by atoms with Crippen molar-refractivity contribution in [3.05, 3.63) is 0 Å². The van der Waals surface area contributed by atoms with Crippen LogP contribution in [0.4, 0.5) is 0 Å². The number of rotatable bonds is 1. The first kappa shape index (κ1) is 5.96. The Morgan fingerprint density at radius 2 is 2.22 bits per heavy atom. The Labute approximate surface area is 59.6 Å². The van der Waals surface area contributed by atoms with E-state index in [4.69, 9.17) is 16.5 Å². The van der Waals surface area contributed by atoms with Crippen LogP contribution in [0.15, 0.2) is 0 Å². The number of halogens is 1. The van der Waals surface area contributed by atoms with Gasteiger partial charge < -0.3 is 4.74 Å². The zero-order valence-corrected chi connectivity index (χ0v) is 5.90. The van der Waals surface area contributed by atoms with Crippen molar-refractivity contribution in [1.29, 1.82) is 0 Å². The van der Waals surface area contributed by atoms with Gasteiger partial charge >= 0.3 is 0 Å². The van der Waals surface area contributed by atoms with E-state index in [1.807, 2.05) is 0 Å². The summed E-state index contributed by atoms with van der Waals surface area (Å²) in [6.45, 7) is 0. The first-order valence-electron chi connectivity index (χ1n) is 3.42. The maximum atomic E-state index is 5.46. The van der Waals surface area contributed by atoms with Gasteiger partial charge in [-0.15, -0.1) is 0 Å². The van der Waals surface area contributed by atoms with Gasteiger partial charge in [0.25, 0.3) is 0 Å². The molecule has 3 heteroatoms. The molecule has 0 spiro atoms. The molecule has 2 rings (SSSR count). The van der Waals surface area contributed by atoms with Crippen LogP contribution in [0.2, 0.25) is 0 Å². The number of hydrogen-bond donors (Lipinski definition) is 1. The summed E-state index contributed by atoms with van der Waals surface area (Å²) in [4.78, 5) is 2.75. The second kappa shape index (κ2) is 2.11. The third kappa shape index (κ3) is 1.07. The minimum atomic E-state index is 0.496. The monoisotopic (exact) mass is 147 g/mol. The van der Waals surface area contributed by atoms with Crippen LogP contribution in [0.25, 0.3) is 0 Å². The molecule has 2 aliphatic rings. The lowest BCUT2D eigenvalue weighted by molar-refractivity contribution is 0.370. The van der Waals surface area contributed by atoms with Crippen molar-refractivity contribution in [3.63, 3.8) is 0 Å². The van der Waals surface area contributed by atoms with Crippen LogP contribution in [-0.4, -0.2) is 18.2 Å². The summed E-state index contributed by atoms with van der Waals surface area (Å²) in [7, 11) is 0. The molecule has 1 saturated carbocycles. The van der Waals surface area contributed by atoms with Crippen molar-refractivity contribution in [2.75, 3.05) is 0 Å². The molecule has 9 heavy (non-hydrogen) atoms. The van der Waals surface area contributed by atoms with Gasteiger partial charge in [0.1, 0.15) is 0 Å². The third-order valence-electron chi connectivity index (χ3n) is 2.16.